The van der Waals surface area contributed by atoms with Crippen LogP contribution in [0.15, 0.2) is 48.1 Å². The minimum Gasteiger partial charge on any atom is -0.458 e. The Hall–Kier alpha value is -3.53. The summed E-state index contributed by atoms with van der Waals surface area (Å²) in [5, 5.41) is 79.1. The molecule has 4 aliphatic carbocycles. The van der Waals surface area contributed by atoms with E-state index in [0.29, 0.717) is 25.7 Å². The third-order valence-electron chi connectivity index (χ3n) is 21.8. The molecule has 8 fully saturated rings. The highest BCUT2D eigenvalue weighted by Crippen LogP contribution is 2.70. The molecule has 10 rings (SSSR count). The van der Waals surface area contributed by atoms with Crippen LogP contribution in [0.2, 0.25) is 0 Å². The smallest absolute Gasteiger partial charge is 0.331 e. The normalized spacial score (nSPS) is 48.0. The highest BCUT2D eigenvalue weighted by molar-refractivity contribution is 5.87. The van der Waals surface area contributed by atoms with Gasteiger partial charge in [-0.2, -0.15) is 0 Å². The van der Waals surface area contributed by atoms with Crippen molar-refractivity contribution in [1.29, 1.82) is 0 Å². The first kappa shape index (κ1) is 71.2. The van der Waals surface area contributed by atoms with E-state index in [1.54, 1.807) is 41.1 Å². The molecular formula is C66H98O26. The lowest BCUT2D eigenvalue weighted by Crippen LogP contribution is -2.80. The summed E-state index contributed by atoms with van der Waals surface area (Å²) >= 11 is 0. The number of esters is 2. The topological polar surface area (TPSA) is 340 Å². The van der Waals surface area contributed by atoms with E-state index < -0.39 is 200 Å². The average Bonchev–Trinajstić information content (AvgIpc) is 1.32. The highest BCUT2D eigenvalue weighted by atomic mass is 16.8. The van der Waals surface area contributed by atoms with Gasteiger partial charge in [0, 0.05) is 78.0 Å². The maximum absolute atomic E-state index is 13.9. The van der Waals surface area contributed by atoms with Crippen LogP contribution in [-0.4, -0.2) is 253 Å². The number of fused-ring (bicyclic) bond motifs is 5. The first-order chi connectivity index (χ1) is 43.7. The fourth-order valence-electron chi connectivity index (χ4n) is 17.0. The Morgan fingerprint density at radius 1 is 0.609 bits per heavy atom. The van der Waals surface area contributed by atoms with Crippen LogP contribution in [0, 0.1) is 22.7 Å². The number of hydrogen-bond donors (Lipinski definition) is 7. The van der Waals surface area contributed by atoms with Crippen molar-refractivity contribution in [3.8, 4) is 0 Å². The van der Waals surface area contributed by atoms with E-state index in [0.717, 1.165) is 11.1 Å². The number of benzene rings is 1. The van der Waals surface area contributed by atoms with Gasteiger partial charge in [0.15, 0.2) is 31.5 Å². The van der Waals surface area contributed by atoms with Gasteiger partial charge in [-0.1, -0.05) is 55.8 Å². The van der Waals surface area contributed by atoms with Crippen molar-refractivity contribution < 1.29 is 126 Å². The summed E-state index contributed by atoms with van der Waals surface area (Å²) in [5.41, 5.74) is -4.59. The zero-order valence-electron chi connectivity index (χ0n) is 54.7. The van der Waals surface area contributed by atoms with Gasteiger partial charge in [-0.15, -0.1) is 0 Å². The van der Waals surface area contributed by atoms with Crippen molar-refractivity contribution in [2.45, 2.75) is 278 Å². The van der Waals surface area contributed by atoms with Crippen LogP contribution < -0.4 is 0 Å². The molecule has 0 spiro atoms. The first-order valence-corrected chi connectivity index (χ1v) is 32.4. The van der Waals surface area contributed by atoms with Gasteiger partial charge in [0.25, 0.3) is 0 Å². The monoisotopic (exact) mass is 1310 g/mol. The number of carbonyl (C=O) groups is 3. The first-order valence-electron chi connectivity index (χ1n) is 32.4. The SMILES string of the molecule is CO[C@H]1[C@H](O)[C@H](O[C@H]2[C@@H](OC)C[C@H](O[C@H]3[C@@H](OC)C[C@H](O[C@H]4[C@@H](OC)C[C@H](O[C@H]5CC[C@@]6(C)C(=CC[C@]7(O)C6[C@H](OC(C)=O)[C@@H](OC(=O)/C=C/c6ccccc6)[C@]6(C)[C@@H](C(C)=O)CC[C@@]67O)C5)O[C@@H]4C)O[C@@H]3C)O[C@@H]2C)O[C@@H](C)[C@@H]1O[C@@H]1O[C@H](CO)[C@@H](O)[C@H](O)[C@H]1O. The summed E-state index contributed by atoms with van der Waals surface area (Å²) in [6.45, 7) is 12.9. The second kappa shape index (κ2) is 28.9. The number of Topliss-reactive ketones (excluding diaryl/α,β-unsaturated/α-hetero) is 1. The molecule has 26 heteroatoms. The molecule has 0 aromatic heterocycles. The molecule has 92 heavy (non-hydrogen) atoms. The fourth-order valence-corrected chi connectivity index (χ4v) is 17.0. The van der Waals surface area contributed by atoms with Gasteiger partial charge in [0.1, 0.15) is 90.2 Å². The maximum atomic E-state index is 13.9. The van der Waals surface area contributed by atoms with Crippen molar-refractivity contribution in [3.63, 3.8) is 0 Å². The molecule has 9 aliphatic rings. The molecule has 31 atom stereocenters. The van der Waals surface area contributed by atoms with Crippen molar-refractivity contribution >= 4 is 23.8 Å². The van der Waals surface area contributed by atoms with Gasteiger partial charge in [-0.3, -0.25) is 9.59 Å². The molecular weight excluding hydrogens is 1210 g/mol. The largest absolute Gasteiger partial charge is 0.458 e. The van der Waals surface area contributed by atoms with E-state index >= 15 is 0 Å². The predicted molar refractivity (Wildman–Crippen MR) is 319 cm³/mol. The Balaban J connectivity index is 0.747. The molecule has 1 aromatic carbocycles. The summed E-state index contributed by atoms with van der Waals surface area (Å²) in [6, 6.07) is 9.19. The summed E-state index contributed by atoms with van der Waals surface area (Å²) in [7, 11) is 6.07. The van der Waals surface area contributed by atoms with Crippen LogP contribution in [0.5, 0.6) is 0 Å². The molecule has 0 amide bonds. The number of hydrogen-bond acceptors (Lipinski definition) is 26. The molecule has 7 N–H and O–H groups in total. The molecule has 1 aromatic rings. The van der Waals surface area contributed by atoms with E-state index in [1.807, 2.05) is 57.2 Å². The van der Waals surface area contributed by atoms with E-state index in [9.17, 15) is 50.1 Å². The summed E-state index contributed by atoms with van der Waals surface area (Å²) in [4.78, 5) is 40.7. The second-order valence-electron chi connectivity index (χ2n) is 27.1. The fraction of sp³-hybridized carbons (Fsp3) is 0.803. The number of aliphatic hydroxyl groups is 7. The quantitative estimate of drug-likeness (QED) is 0.0560. The molecule has 26 nitrogen and oxygen atoms in total. The molecule has 3 saturated carbocycles. The van der Waals surface area contributed by atoms with Crippen LogP contribution in [0.4, 0.5) is 0 Å². The Bertz CT molecular complexity index is 2740. The van der Waals surface area contributed by atoms with Gasteiger partial charge in [0.2, 0.25) is 0 Å². The van der Waals surface area contributed by atoms with Crippen LogP contribution in [0.25, 0.3) is 6.08 Å². The minimum atomic E-state index is -1.93. The van der Waals surface area contributed by atoms with Crippen LogP contribution >= 0.6 is 0 Å². The van der Waals surface area contributed by atoms with Crippen LogP contribution in [-0.2, 0) is 90.2 Å². The van der Waals surface area contributed by atoms with Crippen molar-refractivity contribution in [2.24, 2.45) is 22.7 Å². The van der Waals surface area contributed by atoms with E-state index in [2.05, 4.69) is 0 Å². The third-order valence-corrected chi connectivity index (χ3v) is 21.8. The zero-order valence-corrected chi connectivity index (χ0v) is 54.7. The molecule has 5 heterocycles. The number of methoxy groups -OCH3 is 4. The van der Waals surface area contributed by atoms with E-state index in [1.165, 1.54) is 34.1 Å². The van der Waals surface area contributed by atoms with E-state index in [4.69, 9.17) is 75.8 Å². The highest BCUT2D eigenvalue weighted by Gasteiger charge is 2.81. The van der Waals surface area contributed by atoms with Crippen molar-refractivity contribution in [2.75, 3.05) is 35.0 Å². The molecule has 0 radical (unpaired) electrons. The third kappa shape index (κ3) is 13.4. The number of aliphatic hydroxyl groups excluding tert-OH is 5. The Morgan fingerprint density at radius 3 is 1.70 bits per heavy atom. The Kier molecular flexibility index (Phi) is 22.4. The van der Waals surface area contributed by atoms with Gasteiger partial charge < -0.3 is 112 Å². The average molecular weight is 1310 g/mol. The molecule has 0 bridgehead atoms. The maximum Gasteiger partial charge on any atom is 0.331 e. The number of rotatable bonds is 20. The lowest BCUT2D eigenvalue weighted by atomic mass is 9.42. The molecule has 1 unspecified atom stereocenters. The zero-order chi connectivity index (χ0) is 66.5. The Morgan fingerprint density at radius 2 is 1.15 bits per heavy atom. The lowest BCUT2D eigenvalue weighted by molar-refractivity contribution is -0.374. The van der Waals surface area contributed by atoms with Gasteiger partial charge in [-0.05, 0) is 90.2 Å². The van der Waals surface area contributed by atoms with Crippen molar-refractivity contribution in [3.05, 3.63) is 53.6 Å². The number of carbonyl (C=O) groups excluding carboxylic acids is 3. The van der Waals surface area contributed by atoms with E-state index in [-0.39, 0.29) is 44.0 Å². The van der Waals surface area contributed by atoms with Crippen LogP contribution in [0.3, 0.4) is 0 Å². The standard InChI is InChI=1S/C66H98O26/c1-31(68)40-22-25-66(76)64(40,8)60(88-45(70)19-18-37-16-14-13-15-17-37)58(85-36(6)69)59-63(7)23-21-39(26-38(63)20-24-65(59,66)75)86-46-27-41(77-9)53(32(2)81-46)89-47-28-42(78-10)54(33(3)82-47)90-48-29-43(79-11)55(34(4)83-48)91-62-52(74)57(80-12)56(35(5)84-62)92-61-51(73)50(72)49(71)44(30-67)87-61/h13-20,32-35,39-44,46-62,67,71-76H,21-30H2,1-12H3/b19-18+/t32-,33-,34-,35+,39+,40-,41+,42+,43+,44-,46+,47+,48+,49-,50+,51-,52+,53-,54-,55-,56+,57+,58+,59?,60-,61+,62+,63+,64+,65+,66-/m1/s1. The van der Waals surface area contributed by atoms with Crippen LogP contribution in [0.1, 0.15) is 119 Å². The second-order valence-corrected chi connectivity index (χ2v) is 27.1. The molecule has 518 valence electrons. The van der Waals surface area contributed by atoms with Gasteiger partial charge in [0.05, 0.1) is 55.4 Å². The van der Waals surface area contributed by atoms with Crippen molar-refractivity contribution in [1.82, 2.24) is 0 Å². The summed E-state index contributed by atoms with van der Waals surface area (Å²) in [5.74, 6) is -3.43. The summed E-state index contributed by atoms with van der Waals surface area (Å²) in [6.07, 6.45) is -16.7. The number of ketones is 1. The molecule has 5 aliphatic heterocycles. The summed E-state index contributed by atoms with van der Waals surface area (Å²) < 4.78 is 100. The number of ether oxygens (including phenoxy) is 16. The minimum absolute atomic E-state index is 0.0148. The van der Waals surface area contributed by atoms with Gasteiger partial charge in [-0.25, -0.2) is 4.79 Å². The van der Waals surface area contributed by atoms with Gasteiger partial charge >= 0.3 is 11.9 Å². The Labute approximate surface area is 537 Å². The lowest BCUT2D eigenvalue weighted by Gasteiger charge is -2.68. The molecule has 5 saturated heterocycles. The predicted octanol–water partition coefficient (Wildman–Crippen LogP) is 2.46.